The largest absolute Gasteiger partial charge is 0.497 e. The van der Waals surface area contributed by atoms with Gasteiger partial charge in [-0.1, -0.05) is 13.3 Å². The van der Waals surface area contributed by atoms with Crippen LogP contribution in [0.1, 0.15) is 26.2 Å². The van der Waals surface area contributed by atoms with E-state index in [9.17, 15) is 0 Å². The molecule has 0 saturated carbocycles. The number of hydrogen-bond donors (Lipinski definition) is 2. The summed E-state index contributed by atoms with van der Waals surface area (Å²) in [7, 11) is 3.54. The first-order valence-corrected chi connectivity index (χ1v) is 9.82. The number of aliphatic imine (C=N–C) groups is 1. The van der Waals surface area contributed by atoms with Crippen LogP contribution in [0, 0.1) is 0 Å². The maximum Gasteiger partial charge on any atom is 0.190 e. The molecule has 1 aliphatic heterocycles. The fraction of sp³-hybridized carbons (Fsp3) is 0.650. The molecule has 6 heteroatoms. The minimum atomic E-state index is 0.916. The summed E-state index contributed by atoms with van der Waals surface area (Å²) >= 11 is 0. The topological polar surface area (TPSA) is 52.1 Å². The maximum absolute atomic E-state index is 5.24. The highest BCUT2D eigenvalue weighted by Crippen LogP contribution is 2.20. The highest BCUT2D eigenvalue weighted by molar-refractivity contribution is 5.79. The molecule has 0 spiro atoms. The van der Waals surface area contributed by atoms with Gasteiger partial charge in [0.1, 0.15) is 5.75 Å². The average molecular weight is 362 g/mol. The zero-order valence-corrected chi connectivity index (χ0v) is 16.6. The Balaban J connectivity index is 1.61. The van der Waals surface area contributed by atoms with Crippen molar-refractivity contribution in [3.05, 3.63) is 24.3 Å². The highest BCUT2D eigenvalue weighted by Gasteiger charge is 2.16. The lowest BCUT2D eigenvalue weighted by atomic mass is 10.2. The quantitative estimate of drug-likeness (QED) is 0.401. The van der Waals surface area contributed by atoms with E-state index in [-0.39, 0.29) is 0 Å². The monoisotopic (exact) mass is 361 g/mol. The lowest BCUT2D eigenvalue weighted by molar-refractivity contribution is 0.255. The molecule has 1 aromatic carbocycles. The number of anilines is 1. The number of methoxy groups -OCH3 is 1. The molecule has 0 atom stereocenters. The van der Waals surface area contributed by atoms with E-state index in [4.69, 9.17) is 4.74 Å². The van der Waals surface area contributed by atoms with Crippen molar-refractivity contribution in [2.75, 3.05) is 64.9 Å². The molecule has 0 aliphatic carbocycles. The van der Waals surface area contributed by atoms with Crippen LogP contribution in [0.25, 0.3) is 0 Å². The lowest BCUT2D eigenvalue weighted by Gasteiger charge is -2.36. The van der Waals surface area contributed by atoms with Gasteiger partial charge in [-0.2, -0.15) is 0 Å². The number of nitrogens with one attached hydrogen (secondary N) is 2. The normalized spacial score (nSPS) is 15.8. The predicted octanol–water partition coefficient (Wildman–Crippen LogP) is 2.17. The third-order valence-corrected chi connectivity index (χ3v) is 4.80. The molecule has 1 aromatic rings. The van der Waals surface area contributed by atoms with E-state index in [1.54, 1.807) is 7.11 Å². The second-order valence-electron chi connectivity index (χ2n) is 6.66. The summed E-state index contributed by atoms with van der Waals surface area (Å²) in [5.74, 6) is 1.84. The first kappa shape index (κ1) is 20.4. The van der Waals surface area contributed by atoms with Gasteiger partial charge in [-0.25, -0.2) is 0 Å². The summed E-state index contributed by atoms with van der Waals surface area (Å²) in [5, 5.41) is 6.75. The molecule has 2 rings (SSSR count). The minimum absolute atomic E-state index is 0.916. The molecule has 0 radical (unpaired) electrons. The number of guanidine groups is 1. The zero-order chi connectivity index (χ0) is 18.6. The van der Waals surface area contributed by atoms with Crippen molar-refractivity contribution in [2.45, 2.75) is 26.2 Å². The second-order valence-corrected chi connectivity index (χ2v) is 6.66. The molecule has 1 fully saturated rings. The van der Waals surface area contributed by atoms with Gasteiger partial charge in [0.25, 0.3) is 0 Å². The van der Waals surface area contributed by atoms with Gasteiger partial charge in [0.05, 0.1) is 7.11 Å². The number of rotatable bonds is 9. The van der Waals surface area contributed by atoms with Crippen molar-refractivity contribution in [1.29, 1.82) is 0 Å². The number of nitrogens with zero attached hydrogens (tertiary/aromatic N) is 3. The zero-order valence-electron chi connectivity index (χ0n) is 16.6. The molecule has 2 N–H and O–H groups in total. The van der Waals surface area contributed by atoms with E-state index in [0.717, 1.165) is 63.9 Å². The van der Waals surface area contributed by atoms with Crippen molar-refractivity contribution >= 4 is 11.6 Å². The third kappa shape index (κ3) is 6.75. The first-order chi connectivity index (χ1) is 12.8. The molecule has 1 aliphatic rings. The Hall–Kier alpha value is -1.95. The molecular weight excluding hydrogens is 326 g/mol. The molecule has 0 unspecified atom stereocenters. The summed E-state index contributed by atoms with van der Waals surface area (Å²) in [6.07, 6.45) is 3.52. The van der Waals surface area contributed by atoms with E-state index in [1.807, 2.05) is 19.2 Å². The summed E-state index contributed by atoms with van der Waals surface area (Å²) < 4.78 is 5.24. The van der Waals surface area contributed by atoms with Gasteiger partial charge in [-0.15, -0.1) is 0 Å². The van der Waals surface area contributed by atoms with Crippen molar-refractivity contribution in [3.8, 4) is 5.75 Å². The Morgan fingerprint density at radius 1 is 1.04 bits per heavy atom. The van der Waals surface area contributed by atoms with Crippen LogP contribution in [0.15, 0.2) is 29.3 Å². The van der Waals surface area contributed by atoms with Crippen LogP contribution in [-0.2, 0) is 0 Å². The molecule has 1 saturated heterocycles. The Morgan fingerprint density at radius 2 is 1.69 bits per heavy atom. The summed E-state index contributed by atoms with van der Waals surface area (Å²) in [4.78, 5) is 9.27. The van der Waals surface area contributed by atoms with Crippen molar-refractivity contribution in [3.63, 3.8) is 0 Å². The molecule has 6 nitrogen and oxygen atoms in total. The van der Waals surface area contributed by atoms with E-state index >= 15 is 0 Å². The predicted molar refractivity (Wildman–Crippen MR) is 111 cm³/mol. The number of hydrogen-bond acceptors (Lipinski definition) is 4. The average Bonchev–Trinajstić information content (AvgIpc) is 2.70. The van der Waals surface area contributed by atoms with Gasteiger partial charge in [0.15, 0.2) is 5.96 Å². The van der Waals surface area contributed by atoms with Crippen LogP contribution in [0.4, 0.5) is 5.69 Å². The van der Waals surface area contributed by atoms with Crippen LogP contribution >= 0.6 is 0 Å². The molecule has 1 heterocycles. The summed E-state index contributed by atoms with van der Waals surface area (Å²) in [5.41, 5.74) is 1.29. The van der Waals surface area contributed by atoms with E-state index in [2.05, 4.69) is 44.5 Å². The maximum atomic E-state index is 5.24. The molecule has 146 valence electrons. The standard InChI is InChI=1S/C20H35N5O/c1-4-5-11-22-20(21-2)23-12-6-13-24-14-16-25(17-15-24)18-7-9-19(26-3)10-8-18/h7-10H,4-6,11-17H2,1-3H3,(H2,21,22,23). The van der Waals surface area contributed by atoms with Crippen LogP contribution in [-0.4, -0.2) is 70.8 Å². The fourth-order valence-corrected chi connectivity index (χ4v) is 3.14. The van der Waals surface area contributed by atoms with Crippen LogP contribution < -0.4 is 20.3 Å². The van der Waals surface area contributed by atoms with E-state index in [0.29, 0.717) is 0 Å². The summed E-state index contributed by atoms with van der Waals surface area (Å²) in [6.45, 7) is 9.70. The molecular formula is C20H35N5O. The van der Waals surface area contributed by atoms with E-state index < -0.39 is 0 Å². The number of unbranched alkanes of at least 4 members (excludes halogenated alkanes) is 1. The Kier molecular flexibility index (Phi) is 9.10. The lowest BCUT2D eigenvalue weighted by Crippen LogP contribution is -2.47. The fourth-order valence-electron chi connectivity index (χ4n) is 3.14. The van der Waals surface area contributed by atoms with Gasteiger partial charge in [-0.05, 0) is 43.7 Å². The number of ether oxygens (including phenoxy) is 1. The first-order valence-electron chi connectivity index (χ1n) is 9.82. The highest BCUT2D eigenvalue weighted by atomic mass is 16.5. The Morgan fingerprint density at radius 3 is 2.27 bits per heavy atom. The van der Waals surface area contributed by atoms with Crippen molar-refractivity contribution in [1.82, 2.24) is 15.5 Å². The summed E-state index contributed by atoms with van der Waals surface area (Å²) in [6, 6.07) is 8.37. The smallest absolute Gasteiger partial charge is 0.190 e. The number of benzene rings is 1. The SMILES string of the molecule is CCCCNC(=NC)NCCCN1CCN(c2ccc(OC)cc2)CC1. The molecule has 26 heavy (non-hydrogen) atoms. The Labute approximate surface area is 158 Å². The van der Waals surface area contributed by atoms with Crippen molar-refractivity contribution in [2.24, 2.45) is 4.99 Å². The van der Waals surface area contributed by atoms with Gasteiger partial charge in [0.2, 0.25) is 0 Å². The van der Waals surface area contributed by atoms with Gasteiger partial charge < -0.3 is 20.3 Å². The molecule has 0 bridgehead atoms. The molecule has 0 amide bonds. The minimum Gasteiger partial charge on any atom is -0.497 e. The van der Waals surface area contributed by atoms with Gasteiger partial charge >= 0.3 is 0 Å². The number of piperazine rings is 1. The van der Waals surface area contributed by atoms with Crippen LogP contribution in [0.3, 0.4) is 0 Å². The van der Waals surface area contributed by atoms with E-state index in [1.165, 1.54) is 18.5 Å². The van der Waals surface area contributed by atoms with Gasteiger partial charge in [-0.3, -0.25) is 9.89 Å². The van der Waals surface area contributed by atoms with Crippen LogP contribution in [0.5, 0.6) is 5.75 Å². The third-order valence-electron chi connectivity index (χ3n) is 4.80. The molecule has 0 aromatic heterocycles. The van der Waals surface area contributed by atoms with Gasteiger partial charge in [0, 0.05) is 52.0 Å². The van der Waals surface area contributed by atoms with Crippen LogP contribution in [0.2, 0.25) is 0 Å². The second kappa shape index (κ2) is 11.6. The van der Waals surface area contributed by atoms with Crippen molar-refractivity contribution < 1.29 is 4.74 Å². The Bertz CT molecular complexity index is 524.